The van der Waals surface area contributed by atoms with Gasteiger partial charge in [0, 0.05) is 39.1 Å². The van der Waals surface area contributed by atoms with E-state index in [0.29, 0.717) is 0 Å². The third-order valence-electron chi connectivity index (χ3n) is 19.1. The van der Waals surface area contributed by atoms with Crippen LogP contribution in [0.2, 0.25) is 0 Å². The van der Waals surface area contributed by atoms with Crippen molar-refractivity contribution in [3.8, 4) is 67.5 Å². The maximum Gasteiger partial charge on any atom is 0.132 e. The molecule has 18 rings (SSSR count). The van der Waals surface area contributed by atoms with Crippen LogP contribution in [0.1, 0.15) is 66.8 Å². The van der Waals surface area contributed by atoms with Crippen molar-refractivity contribution < 1.29 is 9.47 Å². The van der Waals surface area contributed by atoms with Crippen molar-refractivity contribution in [2.75, 3.05) is 4.90 Å². The molecule has 5 aliphatic rings. The van der Waals surface area contributed by atoms with E-state index in [4.69, 9.17) is 9.47 Å². The maximum absolute atomic E-state index is 6.86. The molecule has 0 atom stereocenters. The normalized spacial score (nSPS) is 14.7. The van der Waals surface area contributed by atoms with E-state index in [0.717, 1.165) is 73.4 Å². The lowest BCUT2D eigenvalue weighted by Crippen LogP contribution is -2.32. The van der Waals surface area contributed by atoms with Crippen molar-refractivity contribution in [3.05, 3.63) is 376 Å². The molecule has 0 saturated carbocycles. The smallest absolute Gasteiger partial charge is 0.132 e. The third kappa shape index (κ3) is 5.99. The second kappa shape index (κ2) is 17.6. The van der Waals surface area contributed by atoms with Crippen LogP contribution in [0.25, 0.3) is 44.5 Å². The van der Waals surface area contributed by atoms with E-state index in [1.54, 1.807) is 0 Å². The lowest BCUT2D eigenvalue weighted by Gasteiger charge is -2.39. The number of fused-ring (bicyclic) bond motifs is 21. The topological polar surface area (TPSA) is 21.7 Å². The van der Waals surface area contributed by atoms with E-state index < -0.39 is 16.2 Å². The van der Waals surface area contributed by atoms with E-state index >= 15 is 0 Å². The van der Waals surface area contributed by atoms with Gasteiger partial charge in [0.1, 0.15) is 23.0 Å². The quantitative estimate of drug-likeness (QED) is 0.166. The minimum absolute atomic E-state index is 0.630. The largest absolute Gasteiger partial charge is 0.457 e. The Hall–Kier alpha value is -10.7. The number of hydrogen-bond donors (Lipinski definition) is 0. The second-order valence-corrected chi connectivity index (χ2v) is 22.8. The Kier molecular flexibility index (Phi) is 9.86. The van der Waals surface area contributed by atoms with Gasteiger partial charge in [0.2, 0.25) is 0 Å². The Bertz CT molecular complexity index is 4750. The van der Waals surface area contributed by atoms with Gasteiger partial charge in [0.15, 0.2) is 0 Å². The highest BCUT2D eigenvalue weighted by Gasteiger charge is 2.54. The molecule has 392 valence electrons. The third-order valence-corrected chi connectivity index (χ3v) is 19.1. The van der Waals surface area contributed by atoms with Crippen molar-refractivity contribution in [3.63, 3.8) is 0 Å². The predicted molar refractivity (Wildman–Crippen MR) is 339 cm³/mol. The molecule has 0 bridgehead atoms. The van der Waals surface area contributed by atoms with Gasteiger partial charge in [-0.2, -0.15) is 0 Å². The molecule has 0 unspecified atom stereocenters. The summed E-state index contributed by atoms with van der Waals surface area (Å²) in [6.07, 6.45) is 0. The van der Waals surface area contributed by atoms with Gasteiger partial charge in [-0.15, -0.1) is 0 Å². The molecule has 13 aromatic rings. The number of anilines is 3. The van der Waals surface area contributed by atoms with Crippen molar-refractivity contribution in [2.45, 2.75) is 16.2 Å². The Balaban J connectivity index is 0.953. The molecule has 2 heterocycles. The first-order valence-corrected chi connectivity index (χ1v) is 29.2. The molecular weight excluding hydrogens is 1020 g/mol. The van der Waals surface area contributed by atoms with Crippen LogP contribution >= 0.6 is 0 Å². The van der Waals surface area contributed by atoms with Gasteiger partial charge in [0.25, 0.3) is 0 Å². The average Bonchev–Trinajstić information content (AvgIpc) is 1.62. The summed E-state index contributed by atoms with van der Waals surface area (Å²) in [4.78, 5) is 2.60. The Labute approximate surface area is 488 Å². The summed E-state index contributed by atoms with van der Waals surface area (Å²) in [6.45, 7) is 0. The van der Waals surface area contributed by atoms with Gasteiger partial charge in [-0.05, 0) is 126 Å². The number of hydrogen-bond acceptors (Lipinski definition) is 3. The first kappa shape index (κ1) is 47.0. The highest BCUT2D eigenvalue weighted by atomic mass is 16.5. The summed E-state index contributed by atoms with van der Waals surface area (Å²) in [7, 11) is 0. The molecular formula is C81H51NO2. The highest BCUT2D eigenvalue weighted by molar-refractivity contribution is 6.04. The molecule has 0 aromatic heterocycles. The predicted octanol–water partition coefficient (Wildman–Crippen LogP) is 20.1. The molecule has 0 radical (unpaired) electrons. The number of para-hydroxylation sites is 5. The zero-order valence-electron chi connectivity index (χ0n) is 45.7. The molecule has 0 fully saturated rings. The summed E-state index contributed by atoms with van der Waals surface area (Å²) >= 11 is 0. The van der Waals surface area contributed by atoms with Gasteiger partial charge >= 0.3 is 0 Å². The standard InChI is InChI=1S/C81H51NO2/c1-3-25-52(26-4-1)79(53-27-5-2-6-28-53)61-34-11-7-29-55(61)56-50-49-54(51-70(56)79)82(72-44-24-42-69-78(72)60-32-9-13-36-63(60)81(69)66-39-16-21-47-75(66)84-76-48-22-17-40-67(76)81)71-43-18-10-30-57(71)58-33-23-41-68-77(58)59-31-8-12-35-62(59)80(68)64-37-14-19-45-73(64)83-74-46-20-15-38-65(74)80/h1-51H. The van der Waals surface area contributed by atoms with Crippen LogP contribution in [0, 0.1) is 0 Å². The molecule has 3 heteroatoms. The fraction of sp³-hybridized carbons (Fsp3) is 0.0370. The molecule has 0 amide bonds. The highest BCUT2D eigenvalue weighted by Crippen LogP contribution is 2.67. The SMILES string of the molecule is c1ccc(C2(c3ccccc3)c3ccccc3-c3ccc(N(c4ccccc4-c4cccc5c4-c4ccccc4C54c5ccccc5Oc5ccccc54)c4cccc5c4-c4ccccc4C54c5ccccc5Oc5ccccc54)cc32)cc1. The summed E-state index contributed by atoms with van der Waals surface area (Å²) in [5.74, 6) is 3.49. The summed E-state index contributed by atoms with van der Waals surface area (Å²) in [5.41, 5.74) is 25.3. The van der Waals surface area contributed by atoms with Crippen LogP contribution in [0.3, 0.4) is 0 Å². The monoisotopic (exact) mass is 1070 g/mol. The van der Waals surface area contributed by atoms with Gasteiger partial charge in [0.05, 0.1) is 27.6 Å². The van der Waals surface area contributed by atoms with Crippen LogP contribution in [0.5, 0.6) is 23.0 Å². The molecule has 84 heavy (non-hydrogen) atoms. The summed E-state index contributed by atoms with van der Waals surface area (Å²) < 4.78 is 13.7. The van der Waals surface area contributed by atoms with E-state index in [1.807, 2.05) is 0 Å². The van der Waals surface area contributed by atoms with E-state index in [-0.39, 0.29) is 0 Å². The summed E-state index contributed by atoms with van der Waals surface area (Å²) in [5, 5.41) is 0. The van der Waals surface area contributed by atoms with Crippen molar-refractivity contribution in [1.82, 2.24) is 0 Å². The summed E-state index contributed by atoms with van der Waals surface area (Å²) in [6, 6.07) is 115. The van der Waals surface area contributed by atoms with Crippen LogP contribution in [0.4, 0.5) is 17.1 Å². The molecule has 3 aliphatic carbocycles. The first-order valence-electron chi connectivity index (χ1n) is 29.2. The van der Waals surface area contributed by atoms with Crippen LogP contribution < -0.4 is 14.4 Å². The zero-order chi connectivity index (χ0) is 55.1. The van der Waals surface area contributed by atoms with Crippen LogP contribution in [-0.4, -0.2) is 0 Å². The van der Waals surface area contributed by atoms with Gasteiger partial charge in [-0.25, -0.2) is 0 Å². The van der Waals surface area contributed by atoms with Crippen molar-refractivity contribution in [1.29, 1.82) is 0 Å². The number of rotatable bonds is 6. The Morgan fingerprint density at radius 1 is 0.214 bits per heavy atom. The van der Waals surface area contributed by atoms with Crippen molar-refractivity contribution in [2.24, 2.45) is 0 Å². The minimum atomic E-state index is -0.678. The lowest BCUT2D eigenvalue weighted by molar-refractivity contribution is 0.436. The maximum atomic E-state index is 6.86. The van der Waals surface area contributed by atoms with E-state index in [9.17, 15) is 0 Å². The van der Waals surface area contributed by atoms with E-state index in [1.165, 1.54) is 77.9 Å². The van der Waals surface area contributed by atoms with Gasteiger partial charge in [-0.3, -0.25) is 0 Å². The zero-order valence-corrected chi connectivity index (χ0v) is 45.7. The lowest BCUT2D eigenvalue weighted by atomic mass is 9.66. The van der Waals surface area contributed by atoms with Gasteiger partial charge < -0.3 is 14.4 Å². The Morgan fingerprint density at radius 3 is 1.11 bits per heavy atom. The number of ether oxygens (including phenoxy) is 2. The molecule has 2 spiro atoms. The molecule has 0 N–H and O–H groups in total. The van der Waals surface area contributed by atoms with E-state index in [2.05, 4.69) is 314 Å². The Morgan fingerprint density at radius 2 is 0.571 bits per heavy atom. The van der Waals surface area contributed by atoms with Crippen LogP contribution in [-0.2, 0) is 16.2 Å². The molecule has 13 aromatic carbocycles. The number of benzene rings is 13. The van der Waals surface area contributed by atoms with Crippen LogP contribution in [0.15, 0.2) is 309 Å². The molecule has 2 aliphatic heterocycles. The van der Waals surface area contributed by atoms with Crippen molar-refractivity contribution >= 4 is 17.1 Å². The first-order chi connectivity index (χ1) is 41.7. The molecule has 3 nitrogen and oxygen atoms in total. The fourth-order valence-corrected chi connectivity index (χ4v) is 16.1. The molecule has 0 saturated heterocycles. The number of nitrogens with zero attached hydrogens (tertiary/aromatic N) is 1. The fourth-order valence-electron chi connectivity index (χ4n) is 16.1. The van der Waals surface area contributed by atoms with Gasteiger partial charge in [-0.1, -0.05) is 261 Å². The second-order valence-electron chi connectivity index (χ2n) is 22.8. The minimum Gasteiger partial charge on any atom is -0.457 e. The average molecular weight is 1070 g/mol.